The fraction of sp³-hybridized carbons (Fsp3) is 0.146. The number of aromatic nitrogens is 2. The number of benzene rings is 6. The molecular formula is C48H42N4S. The summed E-state index contributed by atoms with van der Waals surface area (Å²) in [5, 5.41) is 2.46. The van der Waals surface area contributed by atoms with E-state index in [-0.39, 0.29) is 0 Å². The first kappa shape index (κ1) is 33.1. The molecule has 4 nitrogen and oxygen atoms in total. The molecule has 0 fully saturated rings. The lowest BCUT2D eigenvalue weighted by Crippen LogP contribution is -2.23. The highest BCUT2D eigenvalue weighted by Gasteiger charge is 2.28. The Morgan fingerprint density at radius 1 is 0.528 bits per heavy atom. The molecule has 0 unspecified atom stereocenters. The van der Waals surface area contributed by atoms with E-state index in [2.05, 4.69) is 194 Å². The molecule has 0 N–H and O–H groups in total. The maximum absolute atomic E-state index is 5.02. The van der Waals surface area contributed by atoms with E-state index in [0.29, 0.717) is 11.8 Å². The standard InChI is InChI=1S/C48H42N4S/c1-32(2)39-19-13-20-40(33(3)4)48(39)34-26-27-49-47(28-34)52-43-21-9-8-18-41(43)42-25-24-38(30-46(42)52)53-37-17-12-16-36(29-37)51-31-50(35-14-6-5-7-15-35)44-22-10-11-23-45(44)51/h5-30,32-33H,31H2,1-4H3. The van der Waals surface area contributed by atoms with Crippen LogP contribution >= 0.6 is 11.8 Å². The van der Waals surface area contributed by atoms with Gasteiger partial charge in [-0.2, -0.15) is 0 Å². The Morgan fingerprint density at radius 2 is 1.15 bits per heavy atom. The molecule has 0 spiro atoms. The van der Waals surface area contributed by atoms with Crippen molar-refractivity contribution >= 4 is 56.3 Å². The molecule has 0 amide bonds. The van der Waals surface area contributed by atoms with Gasteiger partial charge in [0, 0.05) is 38.1 Å². The summed E-state index contributed by atoms with van der Waals surface area (Å²) >= 11 is 1.80. The number of hydrogen-bond acceptors (Lipinski definition) is 4. The minimum atomic E-state index is 0.412. The van der Waals surface area contributed by atoms with Crippen molar-refractivity contribution in [2.24, 2.45) is 0 Å². The van der Waals surface area contributed by atoms with Gasteiger partial charge < -0.3 is 9.80 Å². The Hall–Kier alpha value is -5.78. The Labute approximate surface area is 316 Å². The Morgan fingerprint density at radius 3 is 1.91 bits per heavy atom. The van der Waals surface area contributed by atoms with Crippen molar-refractivity contribution in [2.45, 2.75) is 49.3 Å². The van der Waals surface area contributed by atoms with E-state index >= 15 is 0 Å². The SMILES string of the molecule is CC(C)c1cccc(C(C)C)c1-c1ccnc(-n2c3ccccc3c3ccc(Sc4cccc(N5CN(c6ccccc6)c6ccccc65)c4)cc32)c1. The summed E-state index contributed by atoms with van der Waals surface area (Å²) in [4.78, 5) is 12.2. The van der Waals surface area contributed by atoms with Gasteiger partial charge in [0.05, 0.1) is 22.4 Å². The largest absolute Gasteiger partial charge is 0.321 e. The first-order chi connectivity index (χ1) is 25.9. The zero-order chi connectivity index (χ0) is 36.1. The molecule has 9 rings (SSSR count). The molecule has 3 heterocycles. The lowest BCUT2D eigenvalue weighted by molar-refractivity contribution is 0.838. The molecule has 53 heavy (non-hydrogen) atoms. The van der Waals surface area contributed by atoms with Gasteiger partial charge in [-0.1, -0.05) is 118 Å². The summed E-state index contributed by atoms with van der Waals surface area (Å²) in [7, 11) is 0. The summed E-state index contributed by atoms with van der Waals surface area (Å²) in [6, 6.07) is 55.1. The molecule has 5 heteroatoms. The molecule has 0 aliphatic carbocycles. The average Bonchev–Trinajstić information content (AvgIpc) is 3.74. The molecule has 0 saturated heterocycles. The van der Waals surface area contributed by atoms with Gasteiger partial charge in [-0.25, -0.2) is 4.98 Å². The van der Waals surface area contributed by atoms with Crippen LogP contribution in [0.1, 0.15) is 50.7 Å². The van der Waals surface area contributed by atoms with E-state index in [1.165, 1.54) is 65.6 Å². The van der Waals surface area contributed by atoms with Crippen molar-refractivity contribution in [1.82, 2.24) is 9.55 Å². The molecule has 2 aromatic heterocycles. The van der Waals surface area contributed by atoms with Crippen LogP contribution in [0.5, 0.6) is 0 Å². The summed E-state index contributed by atoms with van der Waals surface area (Å²) in [5.74, 6) is 1.76. The summed E-state index contributed by atoms with van der Waals surface area (Å²) in [6.07, 6.45) is 1.98. The van der Waals surface area contributed by atoms with Gasteiger partial charge in [0.2, 0.25) is 0 Å². The van der Waals surface area contributed by atoms with Crippen LogP contribution in [0.2, 0.25) is 0 Å². The lowest BCUT2D eigenvalue weighted by Gasteiger charge is -2.22. The average molecular weight is 707 g/mol. The molecule has 0 saturated carbocycles. The van der Waals surface area contributed by atoms with E-state index < -0.39 is 0 Å². The van der Waals surface area contributed by atoms with Crippen molar-refractivity contribution < 1.29 is 0 Å². The number of pyridine rings is 1. The molecule has 0 atom stereocenters. The summed E-state index contributed by atoms with van der Waals surface area (Å²) in [6.45, 7) is 9.91. The summed E-state index contributed by atoms with van der Waals surface area (Å²) in [5.41, 5.74) is 12.4. The number of hydrogen-bond donors (Lipinski definition) is 0. The normalized spacial score (nSPS) is 12.8. The van der Waals surface area contributed by atoms with E-state index in [1.54, 1.807) is 11.8 Å². The second-order valence-corrected chi connectivity index (χ2v) is 15.6. The molecule has 0 radical (unpaired) electrons. The van der Waals surface area contributed by atoms with Crippen LogP contribution in [-0.4, -0.2) is 16.2 Å². The Balaban J connectivity index is 1.10. The Kier molecular flexibility index (Phi) is 8.52. The maximum Gasteiger partial charge on any atom is 0.138 e. The highest BCUT2D eigenvalue weighted by Crippen LogP contribution is 2.45. The van der Waals surface area contributed by atoms with Crippen molar-refractivity contribution in [3.63, 3.8) is 0 Å². The first-order valence-electron chi connectivity index (χ1n) is 18.5. The van der Waals surface area contributed by atoms with E-state index in [1.807, 2.05) is 6.20 Å². The molecule has 6 aromatic carbocycles. The number of para-hydroxylation sites is 4. The molecule has 260 valence electrons. The summed E-state index contributed by atoms with van der Waals surface area (Å²) < 4.78 is 2.35. The van der Waals surface area contributed by atoms with Crippen LogP contribution < -0.4 is 9.80 Å². The van der Waals surface area contributed by atoms with Crippen LogP contribution in [0.3, 0.4) is 0 Å². The third-order valence-corrected chi connectivity index (χ3v) is 11.4. The van der Waals surface area contributed by atoms with Gasteiger partial charge in [-0.15, -0.1) is 0 Å². The van der Waals surface area contributed by atoms with Gasteiger partial charge in [0.15, 0.2) is 0 Å². The predicted octanol–water partition coefficient (Wildman–Crippen LogP) is 13.5. The van der Waals surface area contributed by atoms with Crippen LogP contribution in [0, 0.1) is 0 Å². The van der Waals surface area contributed by atoms with Gasteiger partial charge >= 0.3 is 0 Å². The van der Waals surface area contributed by atoms with Crippen molar-refractivity contribution in [3.8, 4) is 16.9 Å². The Bertz CT molecular complexity index is 2580. The lowest BCUT2D eigenvalue weighted by atomic mass is 9.85. The smallest absolute Gasteiger partial charge is 0.138 e. The quantitative estimate of drug-likeness (QED) is 0.157. The third kappa shape index (κ3) is 5.95. The predicted molar refractivity (Wildman–Crippen MR) is 225 cm³/mol. The zero-order valence-electron chi connectivity index (χ0n) is 30.6. The van der Waals surface area contributed by atoms with Crippen LogP contribution in [-0.2, 0) is 0 Å². The second kappa shape index (κ2) is 13.6. The van der Waals surface area contributed by atoms with Crippen LogP contribution in [0.15, 0.2) is 168 Å². The van der Waals surface area contributed by atoms with Crippen molar-refractivity contribution in [2.75, 3.05) is 16.5 Å². The van der Waals surface area contributed by atoms with Gasteiger partial charge in [0.1, 0.15) is 12.5 Å². The first-order valence-corrected chi connectivity index (χ1v) is 19.4. The van der Waals surface area contributed by atoms with Crippen molar-refractivity contribution in [1.29, 1.82) is 0 Å². The molecular weight excluding hydrogens is 665 g/mol. The highest BCUT2D eigenvalue weighted by atomic mass is 32.2. The third-order valence-electron chi connectivity index (χ3n) is 10.5. The van der Waals surface area contributed by atoms with E-state index in [9.17, 15) is 0 Å². The molecule has 1 aliphatic heterocycles. The van der Waals surface area contributed by atoms with E-state index in [0.717, 1.165) is 23.5 Å². The second-order valence-electron chi connectivity index (χ2n) is 14.5. The van der Waals surface area contributed by atoms with Gasteiger partial charge in [-0.05, 0) is 107 Å². The van der Waals surface area contributed by atoms with Crippen LogP contribution in [0.4, 0.5) is 22.7 Å². The molecule has 8 aromatic rings. The molecule has 0 bridgehead atoms. The fourth-order valence-corrected chi connectivity index (χ4v) is 8.86. The zero-order valence-corrected chi connectivity index (χ0v) is 31.4. The minimum Gasteiger partial charge on any atom is -0.321 e. The maximum atomic E-state index is 5.02. The highest BCUT2D eigenvalue weighted by molar-refractivity contribution is 7.99. The number of anilines is 4. The monoisotopic (exact) mass is 706 g/mol. The number of nitrogens with zero attached hydrogens (tertiary/aromatic N) is 4. The topological polar surface area (TPSA) is 24.3 Å². The van der Waals surface area contributed by atoms with Gasteiger partial charge in [-0.3, -0.25) is 4.57 Å². The van der Waals surface area contributed by atoms with Crippen molar-refractivity contribution in [3.05, 3.63) is 169 Å². The van der Waals surface area contributed by atoms with E-state index in [4.69, 9.17) is 4.98 Å². The minimum absolute atomic E-state index is 0.412. The number of fused-ring (bicyclic) bond motifs is 4. The fourth-order valence-electron chi connectivity index (χ4n) is 7.96. The van der Waals surface area contributed by atoms with Gasteiger partial charge in [0.25, 0.3) is 0 Å². The van der Waals surface area contributed by atoms with Crippen LogP contribution in [0.25, 0.3) is 38.8 Å². The number of rotatable bonds is 8. The molecule has 1 aliphatic rings.